The third kappa shape index (κ3) is 5.69. The van der Waals surface area contributed by atoms with Crippen molar-refractivity contribution in [1.82, 2.24) is 4.72 Å². The van der Waals surface area contributed by atoms with Crippen LogP contribution in [0.2, 0.25) is 0 Å². The lowest BCUT2D eigenvalue weighted by Crippen LogP contribution is -2.30. The van der Waals surface area contributed by atoms with E-state index in [2.05, 4.69) is 4.72 Å². The zero-order valence-electron chi connectivity index (χ0n) is 11.5. The highest BCUT2D eigenvalue weighted by atomic mass is 35.5. The number of hydrogen-bond acceptors (Lipinski definition) is 3. The molecule has 1 saturated carbocycles. The van der Waals surface area contributed by atoms with Gasteiger partial charge in [0.2, 0.25) is 10.0 Å². The van der Waals surface area contributed by atoms with Crippen LogP contribution in [-0.4, -0.2) is 20.7 Å². The third-order valence-electron chi connectivity index (χ3n) is 3.73. The van der Waals surface area contributed by atoms with Gasteiger partial charge in [-0.05, 0) is 36.5 Å². The van der Waals surface area contributed by atoms with Crippen molar-refractivity contribution in [3.05, 3.63) is 29.8 Å². The van der Waals surface area contributed by atoms with Crippen molar-refractivity contribution < 1.29 is 8.42 Å². The average molecular weight is 319 g/mol. The van der Waals surface area contributed by atoms with Crippen LogP contribution >= 0.6 is 12.4 Å². The summed E-state index contributed by atoms with van der Waals surface area (Å²) in [7, 11) is -3.11. The van der Waals surface area contributed by atoms with Crippen LogP contribution in [0.5, 0.6) is 0 Å². The lowest BCUT2D eigenvalue weighted by Gasteiger charge is -2.24. The number of nitrogens with one attached hydrogen (secondary N) is 1. The van der Waals surface area contributed by atoms with E-state index in [1.807, 2.05) is 24.3 Å². The maximum atomic E-state index is 11.8. The Labute approximate surface area is 127 Å². The van der Waals surface area contributed by atoms with E-state index in [-0.39, 0.29) is 18.2 Å². The molecular formula is C14H23ClN2O2S. The van der Waals surface area contributed by atoms with Crippen LogP contribution in [0.3, 0.4) is 0 Å². The maximum Gasteiger partial charge on any atom is 0.211 e. The molecule has 0 saturated heterocycles. The molecule has 1 aliphatic rings. The van der Waals surface area contributed by atoms with Gasteiger partial charge in [0.05, 0.1) is 5.75 Å². The zero-order valence-corrected chi connectivity index (χ0v) is 13.2. The van der Waals surface area contributed by atoms with Crippen molar-refractivity contribution in [2.75, 3.05) is 18.0 Å². The van der Waals surface area contributed by atoms with Gasteiger partial charge in [0, 0.05) is 12.2 Å². The minimum Gasteiger partial charge on any atom is -0.399 e. The molecule has 0 amide bonds. The molecule has 1 aliphatic carbocycles. The summed E-state index contributed by atoms with van der Waals surface area (Å²) in [6, 6.07) is 7.52. The number of halogens is 1. The molecule has 1 aromatic rings. The number of benzene rings is 1. The maximum absolute atomic E-state index is 11.8. The van der Waals surface area contributed by atoms with Crippen LogP contribution in [0.15, 0.2) is 24.3 Å². The first-order valence-electron chi connectivity index (χ1n) is 6.87. The number of nitrogens with two attached hydrogens (primary N) is 1. The molecule has 2 rings (SSSR count). The number of sulfonamides is 1. The van der Waals surface area contributed by atoms with Crippen LogP contribution in [0.4, 0.5) is 5.69 Å². The minimum absolute atomic E-state index is 0. The fraction of sp³-hybridized carbons (Fsp3) is 0.571. The Morgan fingerprint density at radius 3 is 2.40 bits per heavy atom. The van der Waals surface area contributed by atoms with Gasteiger partial charge in [-0.15, -0.1) is 12.4 Å². The molecule has 0 spiro atoms. The van der Waals surface area contributed by atoms with Crippen molar-refractivity contribution in [1.29, 1.82) is 0 Å². The Kier molecular flexibility index (Phi) is 6.79. The molecule has 0 atom stereocenters. The van der Waals surface area contributed by atoms with Gasteiger partial charge in [-0.3, -0.25) is 0 Å². The SMILES string of the molecule is Cl.Nc1ccc(CCNS(=O)(=O)CCC2CCC2)cc1. The van der Waals surface area contributed by atoms with E-state index in [9.17, 15) is 8.42 Å². The Balaban J connectivity index is 0.00000200. The standard InChI is InChI=1S/C14H22N2O2S.ClH/c15-14-6-4-13(5-7-14)8-10-16-19(17,18)11-9-12-2-1-3-12;/h4-7,12,16H,1-3,8-11,15H2;1H. The molecule has 3 N–H and O–H groups in total. The molecule has 0 bridgehead atoms. The van der Waals surface area contributed by atoms with Crippen molar-refractivity contribution in [2.24, 2.45) is 5.92 Å². The number of nitrogen functional groups attached to an aromatic ring is 1. The fourth-order valence-electron chi connectivity index (χ4n) is 2.21. The monoisotopic (exact) mass is 318 g/mol. The first kappa shape index (κ1) is 17.3. The summed E-state index contributed by atoms with van der Waals surface area (Å²) in [6.45, 7) is 0.455. The third-order valence-corrected chi connectivity index (χ3v) is 5.15. The van der Waals surface area contributed by atoms with Gasteiger partial charge >= 0.3 is 0 Å². The van der Waals surface area contributed by atoms with Gasteiger partial charge in [-0.2, -0.15) is 0 Å². The molecule has 0 aromatic heterocycles. The molecule has 1 aromatic carbocycles. The molecule has 20 heavy (non-hydrogen) atoms. The molecule has 1 fully saturated rings. The summed E-state index contributed by atoms with van der Waals surface area (Å²) >= 11 is 0. The van der Waals surface area contributed by atoms with Crippen molar-refractivity contribution in [3.63, 3.8) is 0 Å². The van der Waals surface area contributed by atoms with Crippen molar-refractivity contribution in [2.45, 2.75) is 32.1 Å². The van der Waals surface area contributed by atoms with E-state index in [0.29, 0.717) is 18.9 Å². The minimum atomic E-state index is -3.11. The Morgan fingerprint density at radius 1 is 1.20 bits per heavy atom. The molecular weight excluding hydrogens is 296 g/mol. The molecule has 0 unspecified atom stereocenters. The van der Waals surface area contributed by atoms with Crippen LogP contribution in [-0.2, 0) is 16.4 Å². The zero-order chi connectivity index (χ0) is 13.7. The van der Waals surface area contributed by atoms with Crippen molar-refractivity contribution in [3.8, 4) is 0 Å². The lowest BCUT2D eigenvalue weighted by atomic mass is 9.84. The summed E-state index contributed by atoms with van der Waals surface area (Å²) in [4.78, 5) is 0. The number of hydrogen-bond donors (Lipinski definition) is 2. The highest BCUT2D eigenvalue weighted by Gasteiger charge is 2.20. The molecule has 114 valence electrons. The summed E-state index contributed by atoms with van der Waals surface area (Å²) in [5, 5.41) is 0. The van der Waals surface area contributed by atoms with Crippen LogP contribution < -0.4 is 10.5 Å². The van der Waals surface area contributed by atoms with E-state index in [0.717, 1.165) is 17.7 Å². The summed E-state index contributed by atoms with van der Waals surface area (Å²) in [5.74, 6) is 0.896. The van der Waals surface area contributed by atoms with Crippen LogP contribution in [0.1, 0.15) is 31.2 Å². The van der Waals surface area contributed by atoms with Gasteiger partial charge in [0.15, 0.2) is 0 Å². The second kappa shape index (κ2) is 7.86. The first-order chi connectivity index (χ1) is 9.05. The highest BCUT2D eigenvalue weighted by Crippen LogP contribution is 2.29. The van der Waals surface area contributed by atoms with Crippen LogP contribution in [0.25, 0.3) is 0 Å². The smallest absolute Gasteiger partial charge is 0.211 e. The van der Waals surface area contributed by atoms with E-state index in [1.165, 1.54) is 19.3 Å². The van der Waals surface area contributed by atoms with E-state index in [1.54, 1.807) is 0 Å². The van der Waals surface area contributed by atoms with Gasteiger partial charge in [-0.1, -0.05) is 31.4 Å². The molecule has 4 nitrogen and oxygen atoms in total. The second-order valence-electron chi connectivity index (χ2n) is 5.29. The predicted octanol–water partition coefficient (Wildman–Crippen LogP) is 2.34. The largest absolute Gasteiger partial charge is 0.399 e. The van der Waals surface area contributed by atoms with Gasteiger partial charge < -0.3 is 5.73 Å². The Morgan fingerprint density at radius 2 is 1.85 bits per heavy atom. The van der Waals surface area contributed by atoms with E-state index >= 15 is 0 Å². The summed E-state index contributed by atoms with van der Waals surface area (Å²) in [6.07, 6.45) is 5.15. The summed E-state index contributed by atoms with van der Waals surface area (Å²) in [5.41, 5.74) is 7.42. The normalized spacial score (nSPS) is 15.4. The topological polar surface area (TPSA) is 72.2 Å². The second-order valence-corrected chi connectivity index (χ2v) is 7.22. The average Bonchev–Trinajstić information content (AvgIpc) is 2.29. The molecule has 6 heteroatoms. The quantitative estimate of drug-likeness (QED) is 0.758. The molecule has 0 heterocycles. The molecule has 0 aliphatic heterocycles. The fourth-order valence-corrected chi connectivity index (χ4v) is 3.41. The summed E-state index contributed by atoms with van der Waals surface area (Å²) < 4.78 is 26.2. The number of rotatable bonds is 7. The van der Waals surface area contributed by atoms with Crippen molar-refractivity contribution >= 4 is 28.1 Å². The first-order valence-corrected chi connectivity index (χ1v) is 8.52. The Bertz CT molecular complexity index is 498. The lowest BCUT2D eigenvalue weighted by molar-refractivity contribution is 0.307. The predicted molar refractivity (Wildman–Crippen MR) is 85.6 cm³/mol. The van der Waals surface area contributed by atoms with Crippen LogP contribution in [0, 0.1) is 5.92 Å². The van der Waals surface area contributed by atoms with Gasteiger partial charge in [0.1, 0.15) is 0 Å². The van der Waals surface area contributed by atoms with E-state index < -0.39 is 10.0 Å². The van der Waals surface area contributed by atoms with Gasteiger partial charge in [-0.25, -0.2) is 13.1 Å². The number of anilines is 1. The van der Waals surface area contributed by atoms with Gasteiger partial charge in [0.25, 0.3) is 0 Å². The van der Waals surface area contributed by atoms with E-state index in [4.69, 9.17) is 5.73 Å². The Hall–Kier alpha value is -0.780. The highest BCUT2D eigenvalue weighted by molar-refractivity contribution is 7.89. The molecule has 0 radical (unpaired) electrons.